The third-order valence-electron chi connectivity index (χ3n) is 3.70. The minimum Gasteiger partial charge on any atom is -0.360 e. The summed E-state index contributed by atoms with van der Waals surface area (Å²) in [7, 11) is 0. The molecule has 0 radical (unpaired) electrons. The summed E-state index contributed by atoms with van der Waals surface area (Å²) in [6.45, 7) is 0. The summed E-state index contributed by atoms with van der Waals surface area (Å²) in [5.41, 5.74) is 0.253. The maximum absolute atomic E-state index is 12.1. The number of carbonyl (C=O) groups excluding carboxylic acids is 2. The Labute approximate surface area is 99.1 Å². The first-order valence-corrected chi connectivity index (χ1v) is 6.06. The summed E-state index contributed by atoms with van der Waals surface area (Å²) >= 11 is 0. The van der Waals surface area contributed by atoms with Crippen LogP contribution in [0.15, 0.2) is 23.3 Å². The van der Waals surface area contributed by atoms with Crippen molar-refractivity contribution < 1.29 is 9.59 Å². The lowest BCUT2D eigenvalue weighted by atomic mass is 9.79. The molecule has 2 aliphatic rings. The van der Waals surface area contributed by atoms with Crippen molar-refractivity contribution in [3.63, 3.8) is 0 Å². The molecule has 3 rings (SSSR count). The molecule has 0 aromatic carbocycles. The van der Waals surface area contributed by atoms with Gasteiger partial charge >= 0.3 is 0 Å². The zero-order valence-electron chi connectivity index (χ0n) is 9.53. The zero-order valence-corrected chi connectivity index (χ0v) is 9.53. The van der Waals surface area contributed by atoms with Crippen LogP contribution in [-0.2, 0) is 9.59 Å². The number of carbonyl (C=O) groups is 2. The van der Waals surface area contributed by atoms with E-state index in [1.54, 1.807) is 12.3 Å². The van der Waals surface area contributed by atoms with Gasteiger partial charge in [0, 0.05) is 6.20 Å². The van der Waals surface area contributed by atoms with Crippen molar-refractivity contribution in [3.05, 3.63) is 24.0 Å². The van der Waals surface area contributed by atoms with E-state index in [1.165, 1.54) is 0 Å². The van der Waals surface area contributed by atoms with Crippen LogP contribution in [0.5, 0.6) is 0 Å². The Hall–Kier alpha value is -1.71. The van der Waals surface area contributed by atoms with Gasteiger partial charge in [-0.2, -0.15) is 0 Å². The quantitative estimate of drug-likeness (QED) is 0.746. The first-order chi connectivity index (χ1) is 8.23. The van der Waals surface area contributed by atoms with Crippen LogP contribution in [0, 0.1) is 0 Å². The third kappa shape index (κ3) is 1.47. The summed E-state index contributed by atoms with van der Waals surface area (Å²) < 4.78 is 0. The summed E-state index contributed by atoms with van der Waals surface area (Å²) in [5.74, 6) is -0.726. The average Bonchev–Trinajstić information content (AvgIpc) is 2.95. The summed E-state index contributed by atoms with van der Waals surface area (Å²) in [6.07, 6.45) is 6.29. The molecule has 1 saturated carbocycles. The number of rotatable bonds is 1. The topological polar surface area (TPSA) is 62.3 Å². The lowest BCUT2D eigenvalue weighted by Crippen LogP contribution is -2.38. The van der Waals surface area contributed by atoms with Crippen molar-refractivity contribution in [2.75, 3.05) is 0 Å². The van der Waals surface area contributed by atoms with E-state index in [1.807, 2.05) is 6.07 Å². The monoisotopic (exact) mass is 230 g/mol. The molecule has 1 aromatic rings. The van der Waals surface area contributed by atoms with Crippen LogP contribution in [0.25, 0.3) is 0 Å². The molecule has 2 heterocycles. The molecule has 0 amide bonds. The number of ketones is 2. The molecule has 4 nitrogen and oxygen atoms in total. The van der Waals surface area contributed by atoms with E-state index in [-0.39, 0.29) is 5.78 Å². The molecule has 0 unspecified atom stereocenters. The third-order valence-corrected chi connectivity index (χ3v) is 3.70. The van der Waals surface area contributed by atoms with Crippen molar-refractivity contribution in [3.8, 4) is 0 Å². The maximum atomic E-state index is 12.1. The molecule has 0 atom stereocenters. The maximum Gasteiger partial charge on any atom is 0.251 e. The molecular formula is C13H14N2O2. The number of aromatic amines is 1. The van der Waals surface area contributed by atoms with Gasteiger partial charge in [-0.05, 0) is 25.0 Å². The van der Waals surface area contributed by atoms with Crippen LogP contribution in [0.3, 0.4) is 0 Å². The van der Waals surface area contributed by atoms with Gasteiger partial charge in [0.05, 0.1) is 5.69 Å². The highest BCUT2D eigenvalue weighted by Gasteiger charge is 2.49. The van der Waals surface area contributed by atoms with Crippen LogP contribution in [0.1, 0.15) is 37.8 Å². The van der Waals surface area contributed by atoms with Gasteiger partial charge in [-0.1, -0.05) is 19.3 Å². The predicted molar refractivity (Wildman–Crippen MR) is 63.2 cm³/mol. The number of H-pyrrole nitrogens is 1. The Morgan fingerprint density at radius 1 is 1.18 bits per heavy atom. The Bertz CT molecular complexity index is 493. The number of nitrogens with zero attached hydrogens (tertiary/aromatic N) is 1. The standard InChI is InChI=1S/C13H14N2O2/c16-11-10(9-5-4-8-14-9)15-13(12(11)17)6-2-1-3-7-13/h4-5,8,14H,1-3,6-7H2. The van der Waals surface area contributed by atoms with Gasteiger partial charge in [-0.25, -0.2) is 0 Å². The van der Waals surface area contributed by atoms with E-state index < -0.39 is 11.3 Å². The second-order valence-corrected chi connectivity index (χ2v) is 4.79. The molecule has 1 aliphatic heterocycles. The highest BCUT2D eigenvalue weighted by molar-refractivity contribution is 6.72. The first kappa shape index (κ1) is 10.4. The minimum absolute atomic E-state index is 0.304. The van der Waals surface area contributed by atoms with Gasteiger partial charge in [0.25, 0.3) is 5.78 Å². The fraction of sp³-hybridized carbons (Fsp3) is 0.462. The lowest BCUT2D eigenvalue weighted by molar-refractivity contribution is -0.135. The van der Waals surface area contributed by atoms with Crippen LogP contribution in [-0.4, -0.2) is 27.8 Å². The number of hydrogen-bond donors (Lipinski definition) is 1. The van der Waals surface area contributed by atoms with Gasteiger partial charge in [-0.15, -0.1) is 0 Å². The molecule has 88 valence electrons. The van der Waals surface area contributed by atoms with Gasteiger partial charge in [0.1, 0.15) is 11.3 Å². The highest BCUT2D eigenvalue weighted by atomic mass is 16.2. The highest BCUT2D eigenvalue weighted by Crippen LogP contribution is 2.36. The van der Waals surface area contributed by atoms with Crippen molar-refractivity contribution in [2.45, 2.75) is 37.6 Å². The van der Waals surface area contributed by atoms with Crippen LogP contribution in [0.2, 0.25) is 0 Å². The number of Topliss-reactive ketones (excluding diaryl/α,β-unsaturated/α-hetero) is 2. The second-order valence-electron chi connectivity index (χ2n) is 4.79. The SMILES string of the molecule is O=C1C(=O)C2(CCCCC2)N=C1c1ccc[nH]1. The Morgan fingerprint density at radius 2 is 1.94 bits per heavy atom. The molecule has 1 aliphatic carbocycles. The molecule has 1 spiro atoms. The number of nitrogens with one attached hydrogen (secondary N) is 1. The molecule has 1 fully saturated rings. The average molecular weight is 230 g/mol. The van der Waals surface area contributed by atoms with E-state index in [0.29, 0.717) is 11.4 Å². The lowest BCUT2D eigenvalue weighted by Gasteiger charge is -2.27. The predicted octanol–water partition coefficient (Wildman–Crippen LogP) is 1.66. The van der Waals surface area contributed by atoms with Crippen LogP contribution < -0.4 is 0 Å². The van der Waals surface area contributed by atoms with Crippen molar-refractivity contribution in [1.29, 1.82) is 0 Å². The molecule has 0 saturated heterocycles. The number of hydrogen-bond acceptors (Lipinski definition) is 3. The number of aliphatic imine (C=N–C) groups is 1. The normalized spacial score (nSPS) is 23.2. The fourth-order valence-corrected chi connectivity index (χ4v) is 2.77. The van der Waals surface area contributed by atoms with E-state index in [9.17, 15) is 9.59 Å². The minimum atomic E-state index is -0.726. The van der Waals surface area contributed by atoms with Gasteiger partial charge < -0.3 is 4.98 Å². The first-order valence-electron chi connectivity index (χ1n) is 6.06. The van der Waals surface area contributed by atoms with Crippen molar-refractivity contribution in [1.82, 2.24) is 4.98 Å². The molecule has 17 heavy (non-hydrogen) atoms. The fourth-order valence-electron chi connectivity index (χ4n) is 2.77. The Balaban J connectivity index is 2.03. The molecule has 1 aromatic heterocycles. The Kier molecular flexibility index (Phi) is 2.24. The second kappa shape index (κ2) is 3.65. The molecule has 1 N–H and O–H groups in total. The van der Waals surface area contributed by atoms with E-state index >= 15 is 0 Å². The van der Waals surface area contributed by atoms with Gasteiger partial charge in [0.2, 0.25) is 5.78 Å². The van der Waals surface area contributed by atoms with Gasteiger partial charge in [0.15, 0.2) is 0 Å². The smallest absolute Gasteiger partial charge is 0.251 e. The number of aromatic nitrogens is 1. The Morgan fingerprint density at radius 3 is 2.59 bits per heavy atom. The summed E-state index contributed by atoms with van der Waals surface area (Å²) in [5, 5.41) is 0. The largest absolute Gasteiger partial charge is 0.360 e. The van der Waals surface area contributed by atoms with E-state index in [4.69, 9.17) is 0 Å². The van der Waals surface area contributed by atoms with Crippen molar-refractivity contribution >= 4 is 17.3 Å². The molecule has 0 bridgehead atoms. The van der Waals surface area contributed by atoms with E-state index in [0.717, 1.165) is 32.1 Å². The van der Waals surface area contributed by atoms with Crippen LogP contribution >= 0.6 is 0 Å². The molecular weight excluding hydrogens is 216 g/mol. The molecule has 4 heteroatoms. The summed E-state index contributed by atoms with van der Waals surface area (Å²) in [6, 6.07) is 3.59. The van der Waals surface area contributed by atoms with E-state index in [2.05, 4.69) is 9.98 Å². The van der Waals surface area contributed by atoms with Crippen LogP contribution in [0.4, 0.5) is 0 Å². The summed E-state index contributed by atoms with van der Waals surface area (Å²) in [4.78, 5) is 31.5. The zero-order chi connectivity index (χ0) is 11.9. The van der Waals surface area contributed by atoms with Crippen molar-refractivity contribution in [2.24, 2.45) is 4.99 Å². The van der Waals surface area contributed by atoms with Gasteiger partial charge in [-0.3, -0.25) is 14.6 Å².